The quantitative estimate of drug-likeness (QED) is 0.871. The van der Waals surface area contributed by atoms with E-state index in [1.807, 2.05) is 18.2 Å². The standard InChI is InChI=1S/C19H20Cl2N2O2/c20-15-4-2-13(10-16(15)21)19(23-8-1-6-22-7-9-23)14-3-5-17-18(11-14)25-12-24-17/h2-5,10-11,19,22H,1,6-9,12H2. The summed E-state index contributed by atoms with van der Waals surface area (Å²) in [6.45, 7) is 4.30. The Morgan fingerprint density at radius 1 is 0.880 bits per heavy atom. The summed E-state index contributed by atoms with van der Waals surface area (Å²) in [7, 11) is 0. The van der Waals surface area contributed by atoms with Gasteiger partial charge in [-0.05, 0) is 48.4 Å². The van der Waals surface area contributed by atoms with Crippen molar-refractivity contribution in [2.24, 2.45) is 0 Å². The first-order valence-electron chi connectivity index (χ1n) is 8.51. The van der Waals surface area contributed by atoms with Crippen molar-refractivity contribution in [3.05, 3.63) is 57.6 Å². The molecule has 1 saturated heterocycles. The highest BCUT2D eigenvalue weighted by molar-refractivity contribution is 6.42. The molecule has 4 rings (SSSR count). The second-order valence-corrected chi connectivity index (χ2v) is 7.14. The Morgan fingerprint density at radius 2 is 1.68 bits per heavy atom. The van der Waals surface area contributed by atoms with Crippen LogP contribution < -0.4 is 14.8 Å². The van der Waals surface area contributed by atoms with Crippen LogP contribution in [-0.4, -0.2) is 37.9 Å². The van der Waals surface area contributed by atoms with E-state index in [4.69, 9.17) is 32.7 Å². The molecular weight excluding hydrogens is 359 g/mol. The van der Waals surface area contributed by atoms with Crippen LogP contribution in [0.4, 0.5) is 0 Å². The highest BCUT2D eigenvalue weighted by Crippen LogP contribution is 2.39. The van der Waals surface area contributed by atoms with Crippen molar-refractivity contribution in [2.45, 2.75) is 12.5 Å². The van der Waals surface area contributed by atoms with Crippen LogP contribution >= 0.6 is 23.2 Å². The molecule has 1 unspecified atom stereocenters. The largest absolute Gasteiger partial charge is 0.454 e. The molecule has 0 saturated carbocycles. The van der Waals surface area contributed by atoms with Crippen molar-refractivity contribution < 1.29 is 9.47 Å². The van der Waals surface area contributed by atoms with Crippen molar-refractivity contribution in [1.82, 2.24) is 10.2 Å². The van der Waals surface area contributed by atoms with Crippen LogP contribution in [0.1, 0.15) is 23.6 Å². The summed E-state index contributed by atoms with van der Waals surface area (Å²) in [5.74, 6) is 1.60. The Morgan fingerprint density at radius 3 is 2.56 bits per heavy atom. The van der Waals surface area contributed by atoms with Gasteiger partial charge >= 0.3 is 0 Å². The van der Waals surface area contributed by atoms with Crippen molar-refractivity contribution in [2.75, 3.05) is 33.0 Å². The van der Waals surface area contributed by atoms with E-state index in [2.05, 4.69) is 28.4 Å². The van der Waals surface area contributed by atoms with Crippen molar-refractivity contribution in [3.8, 4) is 11.5 Å². The summed E-state index contributed by atoms with van der Waals surface area (Å²) < 4.78 is 11.0. The number of fused-ring (bicyclic) bond motifs is 1. The highest BCUT2D eigenvalue weighted by atomic mass is 35.5. The topological polar surface area (TPSA) is 33.7 Å². The van der Waals surface area contributed by atoms with E-state index in [1.165, 1.54) is 5.56 Å². The Kier molecular flexibility index (Phi) is 5.04. The maximum atomic E-state index is 6.30. The van der Waals surface area contributed by atoms with E-state index in [9.17, 15) is 0 Å². The third-order valence-corrected chi connectivity index (χ3v) is 5.45. The van der Waals surface area contributed by atoms with Gasteiger partial charge in [0.25, 0.3) is 0 Å². The van der Waals surface area contributed by atoms with Crippen LogP contribution in [0.15, 0.2) is 36.4 Å². The molecule has 6 heteroatoms. The van der Waals surface area contributed by atoms with Gasteiger partial charge in [0.05, 0.1) is 16.1 Å². The van der Waals surface area contributed by atoms with E-state index < -0.39 is 0 Å². The molecular formula is C19H20Cl2N2O2. The first-order valence-corrected chi connectivity index (χ1v) is 9.27. The van der Waals surface area contributed by atoms with Gasteiger partial charge < -0.3 is 14.8 Å². The van der Waals surface area contributed by atoms with Crippen LogP contribution in [0, 0.1) is 0 Å². The lowest BCUT2D eigenvalue weighted by Crippen LogP contribution is -2.33. The highest BCUT2D eigenvalue weighted by Gasteiger charge is 2.26. The lowest BCUT2D eigenvalue weighted by atomic mass is 9.96. The average molecular weight is 379 g/mol. The zero-order chi connectivity index (χ0) is 17.2. The zero-order valence-corrected chi connectivity index (χ0v) is 15.3. The van der Waals surface area contributed by atoms with Crippen LogP contribution in [0.5, 0.6) is 11.5 Å². The lowest BCUT2D eigenvalue weighted by Gasteiger charge is -2.31. The molecule has 0 aliphatic carbocycles. The van der Waals surface area contributed by atoms with Crippen LogP contribution in [-0.2, 0) is 0 Å². The summed E-state index contributed by atoms with van der Waals surface area (Å²) >= 11 is 12.4. The first kappa shape index (κ1) is 17.0. The Hall–Kier alpha value is -1.46. The number of nitrogens with one attached hydrogen (secondary N) is 1. The average Bonchev–Trinajstić information content (AvgIpc) is 2.92. The Labute approximate surface area is 157 Å². The third-order valence-electron chi connectivity index (χ3n) is 4.71. The molecule has 2 aromatic carbocycles. The van der Waals surface area contributed by atoms with E-state index in [0.29, 0.717) is 10.0 Å². The van der Waals surface area contributed by atoms with Crippen LogP contribution in [0.25, 0.3) is 0 Å². The SMILES string of the molecule is Clc1ccc(C(c2ccc3c(c2)OCO3)N2CCCNCC2)cc1Cl. The number of benzene rings is 2. The summed E-state index contributed by atoms with van der Waals surface area (Å²) in [4.78, 5) is 2.48. The van der Waals surface area contributed by atoms with Gasteiger partial charge in [-0.25, -0.2) is 0 Å². The zero-order valence-electron chi connectivity index (χ0n) is 13.8. The molecule has 25 heavy (non-hydrogen) atoms. The summed E-state index contributed by atoms with van der Waals surface area (Å²) in [5, 5.41) is 4.62. The number of hydrogen-bond donors (Lipinski definition) is 1. The fourth-order valence-corrected chi connectivity index (χ4v) is 3.81. The van der Waals surface area contributed by atoms with Gasteiger partial charge in [0.15, 0.2) is 11.5 Å². The lowest BCUT2D eigenvalue weighted by molar-refractivity contribution is 0.173. The minimum Gasteiger partial charge on any atom is -0.454 e. The first-order chi connectivity index (χ1) is 12.2. The fraction of sp³-hybridized carbons (Fsp3) is 0.368. The molecule has 2 aliphatic heterocycles. The second kappa shape index (κ2) is 7.42. The second-order valence-electron chi connectivity index (χ2n) is 6.33. The monoisotopic (exact) mass is 378 g/mol. The van der Waals surface area contributed by atoms with Gasteiger partial charge in [0.1, 0.15) is 0 Å². The summed E-state index contributed by atoms with van der Waals surface area (Å²) in [6.07, 6.45) is 1.11. The van der Waals surface area contributed by atoms with Gasteiger partial charge in [0, 0.05) is 19.6 Å². The van der Waals surface area contributed by atoms with E-state index in [-0.39, 0.29) is 12.8 Å². The molecule has 0 amide bonds. The fourth-order valence-electron chi connectivity index (χ4n) is 3.50. The minimum absolute atomic E-state index is 0.101. The summed E-state index contributed by atoms with van der Waals surface area (Å²) in [5.41, 5.74) is 2.31. The number of hydrogen-bond acceptors (Lipinski definition) is 4. The molecule has 1 N–H and O–H groups in total. The number of nitrogens with zero attached hydrogens (tertiary/aromatic N) is 1. The van der Waals surface area contributed by atoms with Crippen molar-refractivity contribution in [1.29, 1.82) is 0 Å². The molecule has 2 aromatic rings. The van der Waals surface area contributed by atoms with Crippen molar-refractivity contribution >= 4 is 23.2 Å². The minimum atomic E-state index is 0.101. The van der Waals surface area contributed by atoms with Gasteiger partial charge in [-0.3, -0.25) is 4.90 Å². The Balaban J connectivity index is 1.75. The molecule has 1 atom stereocenters. The number of rotatable bonds is 3. The maximum Gasteiger partial charge on any atom is 0.231 e. The number of ether oxygens (including phenoxy) is 2. The predicted molar refractivity (Wildman–Crippen MR) is 99.9 cm³/mol. The molecule has 2 heterocycles. The molecule has 1 fully saturated rings. The van der Waals surface area contributed by atoms with Gasteiger partial charge in [-0.15, -0.1) is 0 Å². The molecule has 4 nitrogen and oxygen atoms in total. The van der Waals surface area contributed by atoms with E-state index in [0.717, 1.165) is 49.7 Å². The molecule has 0 aromatic heterocycles. The predicted octanol–water partition coefficient (Wildman–Crippen LogP) is 4.11. The Bertz CT molecular complexity index is 761. The molecule has 0 spiro atoms. The molecule has 2 aliphatic rings. The molecule has 0 bridgehead atoms. The van der Waals surface area contributed by atoms with Crippen LogP contribution in [0.3, 0.4) is 0 Å². The third kappa shape index (κ3) is 3.58. The normalized spacial score (nSPS) is 18.8. The van der Waals surface area contributed by atoms with Crippen molar-refractivity contribution in [3.63, 3.8) is 0 Å². The van der Waals surface area contributed by atoms with Crippen LogP contribution in [0.2, 0.25) is 10.0 Å². The number of halogens is 2. The smallest absolute Gasteiger partial charge is 0.231 e. The van der Waals surface area contributed by atoms with Gasteiger partial charge in [0.2, 0.25) is 6.79 Å². The van der Waals surface area contributed by atoms with Gasteiger partial charge in [-0.1, -0.05) is 35.3 Å². The molecule has 0 radical (unpaired) electrons. The van der Waals surface area contributed by atoms with E-state index in [1.54, 1.807) is 0 Å². The maximum absolute atomic E-state index is 6.30. The van der Waals surface area contributed by atoms with Gasteiger partial charge in [-0.2, -0.15) is 0 Å². The summed E-state index contributed by atoms with van der Waals surface area (Å²) in [6, 6.07) is 12.2. The molecule has 132 valence electrons. The van der Waals surface area contributed by atoms with E-state index >= 15 is 0 Å².